The smallest absolute Gasteiger partial charge is 0.124 e. The number of rotatable bonds is 2. The monoisotopic (exact) mass is 336 g/mol. The van der Waals surface area contributed by atoms with Crippen molar-refractivity contribution in [1.29, 1.82) is 0 Å². The summed E-state index contributed by atoms with van der Waals surface area (Å²) in [5, 5.41) is 10.6. The highest BCUT2D eigenvalue weighted by atomic mass is 79.9. The van der Waals surface area contributed by atoms with Gasteiger partial charge in [-0.3, -0.25) is 0 Å². The van der Waals surface area contributed by atoms with E-state index in [1.54, 1.807) is 13.2 Å². The van der Waals surface area contributed by atoms with Gasteiger partial charge >= 0.3 is 0 Å². The molecular formula is C17H21BrO2. The van der Waals surface area contributed by atoms with Gasteiger partial charge in [-0.05, 0) is 62.3 Å². The van der Waals surface area contributed by atoms with E-state index in [4.69, 9.17) is 4.74 Å². The molecule has 4 aliphatic rings. The summed E-state index contributed by atoms with van der Waals surface area (Å²) in [5.74, 6) is 3.79. The van der Waals surface area contributed by atoms with E-state index in [1.807, 2.05) is 6.07 Å². The Labute approximate surface area is 128 Å². The molecule has 4 bridgehead atoms. The van der Waals surface area contributed by atoms with E-state index < -0.39 is 0 Å². The SMILES string of the molecule is COc1cc(O)c(C23CC4CC(CC(C4)C2)C3)c(Br)c1. The average Bonchev–Trinajstić information content (AvgIpc) is 2.35. The molecule has 0 aromatic heterocycles. The van der Waals surface area contributed by atoms with Gasteiger partial charge in [-0.1, -0.05) is 15.9 Å². The fraction of sp³-hybridized carbons (Fsp3) is 0.647. The number of aromatic hydroxyl groups is 1. The summed E-state index contributed by atoms with van der Waals surface area (Å²) in [5.41, 5.74) is 1.36. The molecule has 4 aliphatic carbocycles. The summed E-state index contributed by atoms with van der Waals surface area (Å²) in [4.78, 5) is 0. The Kier molecular flexibility index (Phi) is 2.86. The van der Waals surface area contributed by atoms with Crippen molar-refractivity contribution < 1.29 is 9.84 Å². The number of hydrogen-bond acceptors (Lipinski definition) is 2. The van der Waals surface area contributed by atoms with Crippen LogP contribution >= 0.6 is 15.9 Å². The van der Waals surface area contributed by atoms with Crippen LogP contribution in [0.2, 0.25) is 0 Å². The molecule has 0 heterocycles. The molecule has 0 aliphatic heterocycles. The Morgan fingerprint density at radius 3 is 2.10 bits per heavy atom. The molecule has 4 saturated carbocycles. The van der Waals surface area contributed by atoms with Gasteiger partial charge in [0.1, 0.15) is 11.5 Å². The Morgan fingerprint density at radius 1 is 1.10 bits per heavy atom. The van der Waals surface area contributed by atoms with Crippen molar-refractivity contribution in [3.63, 3.8) is 0 Å². The van der Waals surface area contributed by atoms with Crippen LogP contribution < -0.4 is 4.74 Å². The lowest BCUT2D eigenvalue weighted by atomic mass is 9.48. The van der Waals surface area contributed by atoms with Crippen molar-refractivity contribution in [2.75, 3.05) is 7.11 Å². The molecular weight excluding hydrogens is 316 g/mol. The van der Waals surface area contributed by atoms with Gasteiger partial charge in [-0.2, -0.15) is 0 Å². The Balaban J connectivity index is 1.81. The number of ether oxygens (including phenoxy) is 1. The molecule has 3 heteroatoms. The second-order valence-corrected chi connectivity index (χ2v) is 8.06. The molecule has 0 radical (unpaired) electrons. The van der Waals surface area contributed by atoms with Gasteiger partial charge in [0.15, 0.2) is 0 Å². The average molecular weight is 337 g/mol. The third kappa shape index (κ3) is 1.82. The number of methoxy groups -OCH3 is 1. The quantitative estimate of drug-likeness (QED) is 0.852. The Hall–Kier alpha value is -0.700. The second-order valence-electron chi connectivity index (χ2n) is 7.20. The zero-order valence-corrected chi connectivity index (χ0v) is 13.4. The van der Waals surface area contributed by atoms with Crippen molar-refractivity contribution in [2.24, 2.45) is 17.8 Å². The van der Waals surface area contributed by atoms with Crippen LogP contribution in [0.5, 0.6) is 11.5 Å². The molecule has 0 unspecified atom stereocenters. The van der Waals surface area contributed by atoms with Crippen LogP contribution in [0.4, 0.5) is 0 Å². The zero-order chi connectivity index (χ0) is 13.9. The van der Waals surface area contributed by atoms with Gasteiger partial charge in [-0.25, -0.2) is 0 Å². The van der Waals surface area contributed by atoms with Gasteiger partial charge in [0, 0.05) is 21.5 Å². The maximum Gasteiger partial charge on any atom is 0.124 e. The molecule has 1 aromatic rings. The summed E-state index contributed by atoms with van der Waals surface area (Å²) < 4.78 is 6.28. The lowest BCUT2D eigenvalue weighted by molar-refractivity contribution is -0.00649. The first-order valence-electron chi connectivity index (χ1n) is 7.66. The molecule has 1 aromatic carbocycles. The molecule has 0 amide bonds. The standard InChI is InChI=1S/C17H21BrO2/c1-20-13-5-14(18)16(15(19)6-13)17-7-10-2-11(8-17)4-12(3-10)9-17/h5-6,10-12,19H,2-4,7-9H2,1H3. The third-order valence-electron chi connectivity index (χ3n) is 5.85. The maximum atomic E-state index is 10.6. The number of phenols is 1. The summed E-state index contributed by atoms with van der Waals surface area (Å²) in [6.07, 6.45) is 8.06. The fourth-order valence-electron chi connectivity index (χ4n) is 5.63. The van der Waals surface area contributed by atoms with Gasteiger partial charge in [0.25, 0.3) is 0 Å². The predicted octanol–water partition coefficient (Wildman–Crippen LogP) is 4.63. The third-order valence-corrected chi connectivity index (χ3v) is 6.47. The van der Waals surface area contributed by atoms with Crippen LogP contribution in [0.25, 0.3) is 0 Å². The summed E-state index contributed by atoms with van der Waals surface area (Å²) >= 11 is 3.69. The van der Waals surface area contributed by atoms with Crippen LogP contribution in [-0.4, -0.2) is 12.2 Å². The fourth-order valence-corrected chi connectivity index (χ4v) is 6.48. The number of phenolic OH excluding ortho intramolecular Hbond substituents is 1. The Morgan fingerprint density at radius 2 is 1.65 bits per heavy atom. The van der Waals surface area contributed by atoms with Crippen molar-refractivity contribution in [1.82, 2.24) is 0 Å². The Bertz CT molecular complexity index is 494. The van der Waals surface area contributed by atoms with Crippen LogP contribution in [0.3, 0.4) is 0 Å². The van der Waals surface area contributed by atoms with Crippen molar-refractivity contribution in [2.45, 2.75) is 43.9 Å². The first-order chi connectivity index (χ1) is 9.59. The number of hydrogen-bond donors (Lipinski definition) is 1. The minimum absolute atomic E-state index is 0.212. The zero-order valence-electron chi connectivity index (χ0n) is 11.9. The van der Waals surface area contributed by atoms with Gasteiger partial charge in [0.05, 0.1) is 7.11 Å². The van der Waals surface area contributed by atoms with Crippen molar-refractivity contribution in [3.05, 3.63) is 22.2 Å². The van der Waals surface area contributed by atoms with E-state index >= 15 is 0 Å². The first kappa shape index (κ1) is 13.0. The maximum absolute atomic E-state index is 10.6. The minimum Gasteiger partial charge on any atom is -0.507 e. The van der Waals surface area contributed by atoms with E-state index in [1.165, 1.54) is 38.5 Å². The normalized spacial score (nSPS) is 38.2. The summed E-state index contributed by atoms with van der Waals surface area (Å²) in [6, 6.07) is 3.78. The molecule has 0 spiro atoms. The predicted molar refractivity (Wildman–Crippen MR) is 82.2 cm³/mol. The van der Waals surface area contributed by atoms with E-state index in [-0.39, 0.29) is 5.41 Å². The van der Waals surface area contributed by atoms with Crippen molar-refractivity contribution >= 4 is 15.9 Å². The lowest BCUT2D eigenvalue weighted by Gasteiger charge is -2.57. The summed E-state index contributed by atoms with van der Waals surface area (Å²) in [6.45, 7) is 0. The largest absolute Gasteiger partial charge is 0.507 e. The molecule has 5 rings (SSSR count). The van der Waals surface area contributed by atoms with Crippen LogP contribution in [0, 0.1) is 17.8 Å². The van der Waals surface area contributed by atoms with E-state index in [0.29, 0.717) is 5.75 Å². The highest BCUT2D eigenvalue weighted by Crippen LogP contribution is 2.63. The first-order valence-corrected chi connectivity index (χ1v) is 8.46. The molecule has 4 fully saturated rings. The van der Waals surface area contributed by atoms with E-state index in [2.05, 4.69) is 15.9 Å². The second kappa shape index (κ2) is 4.40. The number of benzene rings is 1. The lowest BCUT2D eigenvalue weighted by Crippen LogP contribution is -2.48. The number of halogens is 1. The highest BCUT2D eigenvalue weighted by Gasteiger charge is 2.53. The molecule has 20 heavy (non-hydrogen) atoms. The molecule has 0 atom stereocenters. The van der Waals surface area contributed by atoms with Gasteiger partial charge in [-0.15, -0.1) is 0 Å². The van der Waals surface area contributed by atoms with Crippen LogP contribution in [-0.2, 0) is 5.41 Å². The molecule has 108 valence electrons. The minimum atomic E-state index is 0.212. The van der Waals surface area contributed by atoms with Gasteiger partial charge < -0.3 is 9.84 Å². The molecule has 2 nitrogen and oxygen atoms in total. The summed E-state index contributed by atoms with van der Waals surface area (Å²) in [7, 11) is 1.64. The topological polar surface area (TPSA) is 29.5 Å². The van der Waals surface area contributed by atoms with E-state index in [9.17, 15) is 5.11 Å². The van der Waals surface area contributed by atoms with Crippen LogP contribution in [0.15, 0.2) is 16.6 Å². The highest BCUT2D eigenvalue weighted by molar-refractivity contribution is 9.10. The molecule has 1 N–H and O–H groups in total. The van der Waals surface area contributed by atoms with E-state index in [0.717, 1.165) is 33.5 Å². The van der Waals surface area contributed by atoms with Crippen molar-refractivity contribution in [3.8, 4) is 11.5 Å². The van der Waals surface area contributed by atoms with Gasteiger partial charge in [0.2, 0.25) is 0 Å². The molecule has 0 saturated heterocycles. The van der Waals surface area contributed by atoms with Crippen LogP contribution in [0.1, 0.15) is 44.1 Å².